The van der Waals surface area contributed by atoms with Crippen LogP contribution in [0.1, 0.15) is 5.56 Å². The van der Waals surface area contributed by atoms with Gasteiger partial charge in [0.05, 0.1) is 6.54 Å². The topological polar surface area (TPSA) is 40.5 Å². The van der Waals surface area contributed by atoms with Gasteiger partial charge in [0.25, 0.3) is 0 Å². The lowest BCUT2D eigenvalue weighted by Crippen LogP contribution is -2.27. The molecule has 1 aromatic heterocycles. The minimum Gasteiger partial charge on any atom is -0.465 e. The Bertz CT molecular complexity index is 557. The molecule has 1 N–H and O–H groups in total. The van der Waals surface area contributed by atoms with E-state index in [1.807, 2.05) is 0 Å². The van der Waals surface area contributed by atoms with Gasteiger partial charge in [-0.3, -0.25) is 4.90 Å². The SMILES string of the molecule is O=C(O)N(Cc1ccc(F)c(F)c1)c1cccs1. The van der Waals surface area contributed by atoms with Gasteiger partial charge in [-0.1, -0.05) is 6.07 Å². The molecule has 0 aliphatic heterocycles. The van der Waals surface area contributed by atoms with Crippen LogP contribution in [0.5, 0.6) is 0 Å². The maximum atomic E-state index is 13.0. The third-order valence-electron chi connectivity index (χ3n) is 2.33. The molecule has 1 aromatic carbocycles. The molecular weight excluding hydrogens is 260 g/mol. The fourth-order valence-corrected chi connectivity index (χ4v) is 2.21. The van der Waals surface area contributed by atoms with Crippen LogP contribution in [0, 0.1) is 11.6 Å². The van der Waals surface area contributed by atoms with Crippen molar-refractivity contribution in [2.24, 2.45) is 0 Å². The second-order valence-electron chi connectivity index (χ2n) is 3.57. The molecule has 94 valence electrons. The zero-order valence-electron chi connectivity index (χ0n) is 9.14. The van der Waals surface area contributed by atoms with Crippen LogP contribution >= 0.6 is 11.3 Å². The highest BCUT2D eigenvalue weighted by molar-refractivity contribution is 7.14. The van der Waals surface area contributed by atoms with Crippen molar-refractivity contribution >= 4 is 22.4 Å². The normalized spacial score (nSPS) is 10.3. The first kappa shape index (κ1) is 12.5. The number of hydrogen-bond donors (Lipinski definition) is 1. The van der Waals surface area contributed by atoms with Crippen LogP contribution in [0.15, 0.2) is 35.7 Å². The number of amides is 1. The molecule has 1 heterocycles. The first-order chi connectivity index (χ1) is 8.58. The van der Waals surface area contributed by atoms with Crippen LogP contribution in [-0.2, 0) is 6.54 Å². The molecule has 0 aliphatic rings. The van der Waals surface area contributed by atoms with Crippen molar-refractivity contribution in [3.05, 3.63) is 52.9 Å². The predicted molar refractivity (Wildman–Crippen MR) is 64.9 cm³/mol. The van der Waals surface area contributed by atoms with Crippen LogP contribution in [0.4, 0.5) is 18.6 Å². The molecule has 0 atom stereocenters. The van der Waals surface area contributed by atoms with Crippen LogP contribution in [0.25, 0.3) is 0 Å². The van der Waals surface area contributed by atoms with Crippen LogP contribution < -0.4 is 4.90 Å². The van der Waals surface area contributed by atoms with Crippen molar-refractivity contribution in [2.75, 3.05) is 4.90 Å². The standard InChI is InChI=1S/C12H9F2NO2S/c13-9-4-3-8(6-10(9)14)7-15(12(16)17)11-2-1-5-18-11/h1-6H,7H2,(H,16,17). The summed E-state index contributed by atoms with van der Waals surface area (Å²) >= 11 is 1.26. The highest BCUT2D eigenvalue weighted by Crippen LogP contribution is 2.23. The van der Waals surface area contributed by atoms with Gasteiger partial charge in [0.2, 0.25) is 0 Å². The van der Waals surface area contributed by atoms with Crippen LogP contribution in [-0.4, -0.2) is 11.2 Å². The number of benzene rings is 1. The smallest absolute Gasteiger partial charge is 0.412 e. The molecule has 0 fully saturated rings. The maximum Gasteiger partial charge on any atom is 0.412 e. The van der Waals surface area contributed by atoms with Gasteiger partial charge in [0, 0.05) is 0 Å². The van der Waals surface area contributed by atoms with Crippen molar-refractivity contribution in [1.82, 2.24) is 0 Å². The zero-order chi connectivity index (χ0) is 13.1. The Hall–Kier alpha value is -1.95. The quantitative estimate of drug-likeness (QED) is 0.922. The first-order valence-electron chi connectivity index (χ1n) is 5.06. The van der Waals surface area contributed by atoms with Gasteiger partial charge in [-0.25, -0.2) is 13.6 Å². The second kappa shape index (κ2) is 5.14. The van der Waals surface area contributed by atoms with E-state index >= 15 is 0 Å². The van der Waals surface area contributed by atoms with E-state index in [0.717, 1.165) is 17.0 Å². The zero-order valence-corrected chi connectivity index (χ0v) is 9.95. The number of thiophene rings is 1. The lowest BCUT2D eigenvalue weighted by atomic mass is 10.2. The average molecular weight is 269 g/mol. The van der Waals surface area contributed by atoms with Gasteiger partial charge in [-0.05, 0) is 35.2 Å². The van der Waals surface area contributed by atoms with E-state index in [1.165, 1.54) is 17.4 Å². The molecule has 0 bridgehead atoms. The average Bonchev–Trinajstić information content (AvgIpc) is 2.83. The largest absolute Gasteiger partial charge is 0.465 e. The number of carboxylic acid groups (broad SMARTS) is 1. The highest BCUT2D eigenvalue weighted by atomic mass is 32.1. The van der Waals surface area contributed by atoms with Crippen LogP contribution in [0.3, 0.4) is 0 Å². The third kappa shape index (κ3) is 2.65. The number of hydrogen-bond acceptors (Lipinski definition) is 2. The van der Waals surface area contributed by atoms with Gasteiger partial charge >= 0.3 is 6.09 Å². The fraction of sp³-hybridized carbons (Fsp3) is 0.0833. The Morgan fingerprint density at radius 2 is 2.06 bits per heavy atom. The van der Waals surface area contributed by atoms with Gasteiger partial charge < -0.3 is 5.11 Å². The fourth-order valence-electron chi connectivity index (χ4n) is 1.48. The minimum absolute atomic E-state index is 0.0208. The molecule has 18 heavy (non-hydrogen) atoms. The van der Waals surface area contributed by atoms with Crippen molar-refractivity contribution in [3.8, 4) is 0 Å². The van der Waals surface area contributed by atoms with E-state index in [4.69, 9.17) is 5.11 Å². The molecule has 0 saturated carbocycles. The van der Waals surface area contributed by atoms with Gasteiger partial charge in [0.15, 0.2) is 11.6 Å². The molecule has 0 spiro atoms. The molecule has 1 amide bonds. The van der Waals surface area contributed by atoms with Gasteiger partial charge in [-0.15, -0.1) is 11.3 Å². The Kier molecular flexibility index (Phi) is 3.57. The van der Waals surface area contributed by atoms with E-state index in [1.54, 1.807) is 17.5 Å². The van der Waals surface area contributed by atoms with E-state index in [-0.39, 0.29) is 6.54 Å². The van der Waals surface area contributed by atoms with Crippen LogP contribution in [0.2, 0.25) is 0 Å². The van der Waals surface area contributed by atoms with Crippen molar-refractivity contribution in [1.29, 1.82) is 0 Å². The Morgan fingerprint density at radius 1 is 1.28 bits per heavy atom. The molecule has 0 unspecified atom stereocenters. The molecule has 0 saturated heterocycles. The summed E-state index contributed by atoms with van der Waals surface area (Å²) in [6.45, 7) is -0.0208. The highest BCUT2D eigenvalue weighted by Gasteiger charge is 2.16. The number of carbonyl (C=O) groups is 1. The molecule has 2 rings (SSSR count). The predicted octanol–water partition coefficient (Wildman–Crippen LogP) is 3.71. The lowest BCUT2D eigenvalue weighted by Gasteiger charge is -2.17. The molecule has 3 nitrogen and oxygen atoms in total. The summed E-state index contributed by atoms with van der Waals surface area (Å²) in [5.74, 6) is -1.93. The maximum absolute atomic E-state index is 13.0. The van der Waals surface area contributed by atoms with E-state index in [0.29, 0.717) is 10.6 Å². The summed E-state index contributed by atoms with van der Waals surface area (Å²) in [5, 5.41) is 11.4. The Morgan fingerprint density at radius 3 is 2.61 bits per heavy atom. The van der Waals surface area contributed by atoms with Gasteiger partial charge in [0.1, 0.15) is 5.00 Å². The monoisotopic (exact) mass is 269 g/mol. The first-order valence-corrected chi connectivity index (χ1v) is 5.94. The number of nitrogens with zero attached hydrogens (tertiary/aromatic N) is 1. The van der Waals surface area contributed by atoms with E-state index in [9.17, 15) is 13.6 Å². The van der Waals surface area contributed by atoms with Gasteiger partial charge in [-0.2, -0.15) is 0 Å². The molecule has 2 aromatic rings. The van der Waals surface area contributed by atoms with E-state index < -0.39 is 17.7 Å². The molecular formula is C12H9F2NO2S. The summed E-state index contributed by atoms with van der Waals surface area (Å²) < 4.78 is 25.8. The lowest BCUT2D eigenvalue weighted by molar-refractivity contribution is 0.201. The summed E-state index contributed by atoms with van der Waals surface area (Å²) in [6.07, 6.45) is -1.14. The summed E-state index contributed by atoms with van der Waals surface area (Å²) in [7, 11) is 0. The van der Waals surface area contributed by atoms with Crippen molar-refractivity contribution < 1.29 is 18.7 Å². The summed E-state index contributed by atoms with van der Waals surface area (Å²) in [4.78, 5) is 12.2. The molecule has 6 heteroatoms. The number of anilines is 1. The van der Waals surface area contributed by atoms with Crippen molar-refractivity contribution in [3.63, 3.8) is 0 Å². The molecule has 0 aliphatic carbocycles. The Balaban J connectivity index is 2.24. The number of rotatable bonds is 3. The second-order valence-corrected chi connectivity index (χ2v) is 4.49. The molecule has 0 radical (unpaired) electrons. The van der Waals surface area contributed by atoms with Crippen molar-refractivity contribution in [2.45, 2.75) is 6.54 Å². The van der Waals surface area contributed by atoms with E-state index in [2.05, 4.69) is 0 Å². The summed E-state index contributed by atoms with van der Waals surface area (Å²) in [5.41, 5.74) is 0.393. The summed E-state index contributed by atoms with van der Waals surface area (Å²) in [6, 6.07) is 6.72. The minimum atomic E-state index is -1.14. The Labute approximate surface area is 106 Å². The third-order valence-corrected chi connectivity index (χ3v) is 3.22. The number of halogens is 2.